The molecule has 0 saturated heterocycles. The molecule has 6 nitrogen and oxygen atoms in total. The van der Waals surface area contributed by atoms with Crippen LogP contribution in [-0.4, -0.2) is 47.2 Å². The van der Waals surface area contributed by atoms with Crippen molar-refractivity contribution in [3.05, 3.63) is 0 Å². The number of nitrogens with one attached hydrogen (secondary N) is 1. The summed E-state index contributed by atoms with van der Waals surface area (Å²) in [4.78, 5) is 22.8. The van der Waals surface area contributed by atoms with Gasteiger partial charge in [0, 0.05) is 19.6 Å². The standard InChI is InChI=1S/C18H36N2O4/c1-2-3-4-5-6-7-8-9-10-11-16(22)18(19,12-13-21)15-20-14-17(23)24/h20-21H,2-15,19H2,1H3,(H,23,24). The molecule has 0 aliphatic carbocycles. The second-order valence-electron chi connectivity index (χ2n) is 6.63. The van der Waals surface area contributed by atoms with E-state index in [1.165, 1.54) is 38.5 Å². The third kappa shape index (κ3) is 11.5. The monoisotopic (exact) mass is 344 g/mol. The lowest BCUT2D eigenvalue weighted by Gasteiger charge is -2.27. The number of unbranched alkanes of at least 4 members (excludes halogenated alkanes) is 8. The third-order valence-electron chi connectivity index (χ3n) is 4.34. The Labute approximate surface area is 146 Å². The molecular weight excluding hydrogens is 308 g/mol. The number of aliphatic hydroxyl groups excluding tert-OH is 1. The Balaban J connectivity index is 3.91. The lowest BCUT2D eigenvalue weighted by molar-refractivity contribution is -0.136. The summed E-state index contributed by atoms with van der Waals surface area (Å²) in [5.41, 5.74) is 4.91. The Morgan fingerprint density at radius 3 is 2.04 bits per heavy atom. The summed E-state index contributed by atoms with van der Waals surface area (Å²) in [6.07, 6.45) is 11.1. The fraction of sp³-hybridized carbons (Fsp3) is 0.889. The highest BCUT2D eigenvalue weighted by Crippen LogP contribution is 2.15. The Hall–Kier alpha value is -0.980. The summed E-state index contributed by atoms with van der Waals surface area (Å²) in [5, 5.41) is 20.4. The van der Waals surface area contributed by atoms with E-state index >= 15 is 0 Å². The normalized spacial score (nSPS) is 13.6. The van der Waals surface area contributed by atoms with Crippen molar-refractivity contribution < 1.29 is 19.8 Å². The van der Waals surface area contributed by atoms with E-state index in [9.17, 15) is 9.59 Å². The van der Waals surface area contributed by atoms with Crippen molar-refractivity contribution in [1.29, 1.82) is 0 Å². The van der Waals surface area contributed by atoms with E-state index in [2.05, 4.69) is 12.2 Å². The summed E-state index contributed by atoms with van der Waals surface area (Å²) < 4.78 is 0. The maximum absolute atomic E-state index is 12.3. The number of ketones is 1. The highest BCUT2D eigenvalue weighted by molar-refractivity contribution is 5.88. The predicted octanol–water partition coefficient (Wildman–Crippen LogP) is 2.23. The number of hydrogen-bond acceptors (Lipinski definition) is 5. The summed E-state index contributed by atoms with van der Waals surface area (Å²) in [5.74, 6) is -1.09. The van der Waals surface area contributed by atoms with Gasteiger partial charge in [-0.3, -0.25) is 9.59 Å². The summed E-state index contributed by atoms with van der Waals surface area (Å²) >= 11 is 0. The molecule has 0 rings (SSSR count). The highest BCUT2D eigenvalue weighted by atomic mass is 16.4. The van der Waals surface area contributed by atoms with Gasteiger partial charge in [0.25, 0.3) is 0 Å². The Kier molecular flexibility index (Phi) is 13.8. The zero-order valence-corrected chi connectivity index (χ0v) is 15.2. The Morgan fingerprint density at radius 1 is 1.00 bits per heavy atom. The van der Waals surface area contributed by atoms with Crippen LogP contribution in [0.25, 0.3) is 0 Å². The molecule has 0 aliphatic heterocycles. The van der Waals surface area contributed by atoms with Crippen molar-refractivity contribution in [2.45, 2.75) is 83.1 Å². The number of carbonyl (C=O) groups is 2. The van der Waals surface area contributed by atoms with Crippen LogP contribution >= 0.6 is 0 Å². The molecule has 1 unspecified atom stereocenters. The number of aliphatic carboxylic acids is 1. The van der Waals surface area contributed by atoms with E-state index in [1.54, 1.807) is 0 Å². The average molecular weight is 344 g/mol. The van der Waals surface area contributed by atoms with Gasteiger partial charge in [-0.1, -0.05) is 58.3 Å². The number of aliphatic hydroxyl groups is 1. The smallest absolute Gasteiger partial charge is 0.317 e. The Morgan fingerprint density at radius 2 is 1.54 bits per heavy atom. The minimum atomic E-state index is -1.18. The lowest BCUT2D eigenvalue weighted by Crippen LogP contribution is -2.56. The second-order valence-corrected chi connectivity index (χ2v) is 6.63. The first-order chi connectivity index (χ1) is 11.5. The molecule has 0 aromatic heterocycles. The molecule has 0 aromatic carbocycles. The molecule has 0 saturated carbocycles. The molecule has 142 valence electrons. The molecule has 0 fully saturated rings. The van der Waals surface area contributed by atoms with Gasteiger partial charge in [-0.15, -0.1) is 0 Å². The van der Waals surface area contributed by atoms with Crippen molar-refractivity contribution in [1.82, 2.24) is 5.32 Å². The molecule has 0 aromatic rings. The highest BCUT2D eigenvalue weighted by Gasteiger charge is 2.32. The SMILES string of the molecule is CCCCCCCCCCCC(=O)C(N)(CCO)CNCC(=O)O. The molecule has 5 N–H and O–H groups in total. The minimum Gasteiger partial charge on any atom is -0.480 e. The van der Waals surface area contributed by atoms with E-state index in [0.717, 1.165) is 19.3 Å². The molecule has 0 spiro atoms. The van der Waals surface area contributed by atoms with Crippen LogP contribution < -0.4 is 11.1 Å². The van der Waals surface area contributed by atoms with E-state index in [-0.39, 0.29) is 31.9 Å². The van der Waals surface area contributed by atoms with Crippen LogP contribution in [0.15, 0.2) is 0 Å². The van der Waals surface area contributed by atoms with E-state index in [4.69, 9.17) is 15.9 Å². The summed E-state index contributed by atoms with van der Waals surface area (Å²) in [6, 6.07) is 0. The van der Waals surface area contributed by atoms with Crippen LogP contribution in [0.1, 0.15) is 77.6 Å². The number of carboxylic acid groups (broad SMARTS) is 1. The number of carbonyl (C=O) groups excluding carboxylic acids is 1. The van der Waals surface area contributed by atoms with Gasteiger partial charge in [0.2, 0.25) is 0 Å². The van der Waals surface area contributed by atoms with Crippen molar-refractivity contribution in [3.8, 4) is 0 Å². The fourth-order valence-electron chi connectivity index (χ4n) is 2.76. The molecule has 0 bridgehead atoms. The number of rotatable bonds is 17. The number of hydrogen-bond donors (Lipinski definition) is 4. The Bertz CT molecular complexity index is 350. The van der Waals surface area contributed by atoms with Crippen molar-refractivity contribution >= 4 is 11.8 Å². The summed E-state index contributed by atoms with van der Waals surface area (Å²) in [6.45, 7) is 1.86. The molecule has 0 radical (unpaired) electrons. The zero-order chi connectivity index (χ0) is 18.3. The van der Waals surface area contributed by atoms with Gasteiger partial charge in [-0.2, -0.15) is 0 Å². The molecule has 6 heteroatoms. The topological polar surface area (TPSA) is 113 Å². The first-order valence-corrected chi connectivity index (χ1v) is 9.32. The number of nitrogens with two attached hydrogens (primary N) is 1. The fourth-order valence-corrected chi connectivity index (χ4v) is 2.76. The maximum Gasteiger partial charge on any atom is 0.317 e. The molecule has 0 heterocycles. The lowest BCUT2D eigenvalue weighted by atomic mass is 9.88. The first kappa shape index (κ1) is 23.0. The third-order valence-corrected chi connectivity index (χ3v) is 4.34. The van der Waals surface area contributed by atoms with Crippen LogP contribution in [0.5, 0.6) is 0 Å². The molecular formula is C18H36N2O4. The van der Waals surface area contributed by atoms with Gasteiger partial charge in [0.05, 0.1) is 12.1 Å². The van der Waals surface area contributed by atoms with Crippen molar-refractivity contribution in [2.24, 2.45) is 5.73 Å². The molecule has 24 heavy (non-hydrogen) atoms. The molecule has 0 amide bonds. The van der Waals surface area contributed by atoms with E-state index in [1.807, 2.05) is 0 Å². The van der Waals surface area contributed by atoms with Gasteiger partial charge in [0.1, 0.15) is 0 Å². The van der Waals surface area contributed by atoms with E-state index < -0.39 is 11.5 Å². The van der Waals surface area contributed by atoms with Gasteiger partial charge in [0.15, 0.2) is 5.78 Å². The van der Waals surface area contributed by atoms with Gasteiger partial charge in [-0.25, -0.2) is 0 Å². The van der Waals surface area contributed by atoms with Crippen LogP contribution in [-0.2, 0) is 9.59 Å². The van der Waals surface area contributed by atoms with Crippen LogP contribution in [0.2, 0.25) is 0 Å². The molecule has 0 aliphatic rings. The predicted molar refractivity (Wildman–Crippen MR) is 96.0 cm³/mol. The zero-order valence-electron chi connectivity index (χ0n) is 15.2. The van der Waals surface area contributed by atoms with Crippen LogP contribution in [0, 0.1) is 0 Å². The minimum absolute atomic E-state index is 0.0795. The second kappa shape index (κ2) is 14.4. The maximum atomic E-state index is 12.3. The van der Waals surface area contributed by atoms with Crippen molar-refractivity contribution in [2.75, 3.05) is 19.7 Å². The van der Waals surface area contributed by atoms with Gasteiger partial charge in [-0.05, 0) is 12.8 Å². The van der Waals surface area contributed by atoms with Gasteiger partial charge >= 0.3 is 5.97 Å². The number of carboxylic acids is 1. The van der Waals surface area contributed by atoms with Crippen LogP contribution in [0.3, 0.4) is 0 Å². The average Bonchev–Trinajstić information content (AvgIpc) is 2.53. The van der Waals surface area contributed by atoms with Gasteiger partial charge < -0.3 is 21.3 Å². The largest absolute Gasteiger partial charge is 0.480 e. The van der Waals surface area contributed by atoms with E-state index in [0.29, 0.717) is 6.42 Å². The quantitative estimate of drug-likeness (QED) is 0.301. The summed E-state index contributed by atoms with van der Waals surface area (Å²) in [7, 11) is 0. The van der Waals surface area contributed by atoms with Crippen LogP contribution in [0.4, 0.5) is 0 Å². The first-order valence-electron chi connectivity index (χ1n) is 9.32. The number of Topliss-reactive ketones (excluding diaryl/α,β-unsaturated/α-hetero) is 1. The van der Waals surface area contributed by atoms with Crippen molar-refractivity contribution in [3.63, 3.8) is 0 Å². The molecule has 1 atom stereocenters.